The molecule has 1 heterocycles. The minimum Gasteiger partial charge on any atom is -0.444 e. The van der Waals surface area contributed by atoms with Crippen LogP contribution in [-0.2, 0) is 14.8 Å². The Morgan fingerprint density at radius 3 is 2.56 bits per heavy atom. The number of carbonyl (C=O) groups excluding carboxylic acids is 1. The summed E-state index contributed by atoms with van der Waals surface area (Å²) in [6, 6.07) is -0.266. The summed E-state index contributed by atoms with van der Waals surface area (Å²) in [4.78, 5) is 13.4. The standard InChI is InChI=1S/C11H20N2O4S/c1-11(2,3)17-10(14)13-7-4-5-9(13)6-8-18(12,15)16/h6,8-9H,4-5,7H2,1-3H3,(H2,12,15,16)/b8-6-. The number of carbonyl (C=O) groups is 1. The summed E-state index contributed by atoms with van der Waals surface area (Å²) < 4.78 is 27.0. The van der Waals surface area contributed by atoms with Gasteiger partial charge in [0.25, 0.3) is 0 Å². The van der Waals surface area contributed by atoms with Crippen LogP contribution in [0.3, 0.4) is 0 Å². The number of nitrogens with zero attached hydrogens (tertiary/aromatic N) is 1. The van der Waals surface area contributed by atoms with Crippen LogP contribution in [0.4, 0.5) is 4.79 Å². The molecule has 1 fully saturated rings. The number of nitrogens with two attached hydrogens (primary N) is 1. The SMILES string of the molecule is CC(C)(C)OC(=O)N1CCCC1/C=C\S(N)(=O)=O. The van der Waals surface area contributed by atoms with Gasteiger partial charge in [-0.05, 0) is 39.7 Å². The van der Waals surface area contributed by atoms with E-state index in [1.165, 1.54) is 11.0 Å². The van der Waals surface area contributed by atoms with Crippen LogP contribution < -0.4 is 5.14 Å². The van der Waals surface area contributed by atoms with Gasteiger partial charge in [-0.1, -0.05) is 0 Å². The molecule has 1 rings (SSSR count). The lowest BCUT2D eigenvalue weighted by atomic mass is 10.2. The molecule has 1 amide bonds. The predicted octanol–water partition coefficient (Wildman–Crippen LogP) is 1.19. The summed E-state index contributed by atoms with van der Waals surface area (Å²) in [7, 11) is -3.66. The van der Waals surface area contributed by atoms with E-state index in [1.807, 2.05) is 0 Å². The van der Waals surface area contributed by atoms with Gasteiger partial charge in [-0.3, -0.25) is 0 Å². The molecule has 0 radical (unpaired) electrons. The van der Waals surface area contributed by atoms with Crippen LogP contribution >= 0.6 is 0 Å². The summed E-state index contributed by atoms with van der Waals surface area (Å²) in [6.45, 7) is 5.93. The third kappa shape index (κ3) is 5.05. The highest BCUT2D eigenvalue weighted by Crippen LogP contribution is 2.21. The second-order valence-corrected chi connectivity index (χ2v) is 6.75. The van der Waals surface area contributed by atoms with E-state index >= 15 is 0 Å². The molecule has 2 N–H and O–H groups in total. The van der Waals surface area contributed by atoms with E-state index in [2.05, 4.69) is 0 Å². The first-order valence-corrected chi connectivity index (χ1v) is 7.40. The number of primary sulfonamides is 1. The highest BCUT2D eigenvalue weighted by atomic mass is 32.2. The second kappa shape index (κ2) is 5.27. The van der Waals surface area contributed by atoms with Crippen molar-refractivity contribution >= 4 is 16.1 Å². The summed E-state index contributed by atoms with van der Waals surface area (Å²) in [5.41, 5.74) is -0.562. The van der Waals surface area contributed by atoms with Crippen molar-refractivity contribution in [2.45, 2.75) is 45.3 Å². The zero-order valence-electron chi connectivity index (χ0n) is 10.9. The normalized spacial score (nSPS) is 21.6. The Bertz CT molecular complexity index is 436. The molecule has 104 valence electrons. The Balaban J connectivity index is 2.71. The third-order valence-electron chi connectivity index (χ3n) is 2.42. The lowest BCUT2D eigenvalue weighted by Gasteiger charge is -2.27. The number of likely N-dealkylation sites (tertiary alicyclic amines) is 1. The van der Waals surface area contributed by atoms with Crippen LogP contribution in [0.15, 0.2) is 11.5 Å². The second-order valence-electron chi connectivity index (χ2n) is 5.30. The smallest absolute Gasteiger partial charge is 0.410 e. The summed E-state index contributed by atoms with van der Waals surface area (Å²) in [6.07, 6.45) is 2.54. The number of rotatable bonds is 2. The molecule has 1 atom stereocenters. The molecule has 1 aliphatic rings. The summed E-state index contributed by atoms with van der Waals surface area (Å²) in [5, 5.41) is 5.82. The van der Waals surface area contributed by atoms with E-state index < -0.39 is 21.7 Å². The van der Waals surface area contributed by atoms with Crippen molar-refractivity contribution in [2.24, 2.45) is 5.14 Å². The van der Waals surface area contributed by atoms with Crippen molar-refractivity contribution in [3.8, 4) is 0 Å². The molecule has 0 aromatic heterocycles. The zero-order chi connectivity index (χ0) is 14.0. The maximum atomic E-state index is 11.9. The quantitative estimate of drug-likeness (QED) is 0.820. The van der Waals surface area contributed by atoms with Crippen molar-refractivity contribution in [3.05, 3.63) is 11.5 Å². The lowest BCUT2D eigenvalue weighted by Crippen LogP contribution is -2.39. The first-order chi connectivity index (χ1) is 8.08. The fourth-order valence-corrected chi connectivity index (χ4v) is 2.14. The molecule has 0 saturated carbocycles. The van der Waals surface area contributed by atoms with Gasteiger partial charge in [0.05, 0.1) is 6.04 Å². The molecule has 7 heteroatoms. The van der Waals surface area contributed by atoms with Crippen molar-refractivity contribution in [3.63, 3.8) is 0 Å². The van der Waals surface area contributed by atoms with Crippen molar-refractivity contribution in [1.82, 2.24) is 4.90 Å². The number of hydrogen-bond donors (Lipinski definition) is 1. The molecular weight excluding hydrogens is 256 g/mol. The molecular formula is C11H20N2O4S. The van der Waals surface area contributed by atoms with Crippen LogP contribution in [0.25, 0.3) is 0 Å². The van der Waals surface area contributed by atoms with Gasteiger partial charge in [0, 0.05) is 12.0 Å². The average molecular weight is 276 g/mol. The van der Waals surface area contributed by atoms with Crippen LogP contribution in [0.1, 0.15) is 33.6 Å². The van der Waals surface area contributed by atoms with Gasteiger partial charge in [0.2, 0.25) is 10.0 Å². The van der Waals surface area contributed by atoms with Crippen molar-refractivity contribution in [1.29, 1.82) is 0 Å². The maximum Gasteiger partial charge on any atom is 0.410 e. The Morgan fingerprint density at radius 1 is 1.44 bits per heavy atom. The van der Waals surface area contributed by atoms with Crippen LogP contribution in [0, 0.1) is 0 Å². The van der Waals surface area contributed by atoms with Gasteiger partial charge in [0.1, 0.15) is 5.60 Å². The van der Waals surface area contributed by atoms with E-state index in [0.29, 0.717) is 13.0 Å². The summed E-state index contributed by atoms with van der Waals surface area (Å²) in [5.74, 6) is 0. The molecule has 0 aliphatic carbocycles. The Labute approximate surface area is 108 Å². The Kier molecular flexibility index (Phi) is 4.39. The van der Waals surface area contributed by atoms with Crippen molar-refractivity contribution < 1.29 is 17.9 Å². The third-order valence-corrected chi connectivity index (χ3v) is 2.95. The maximum absolute atomic E-state index is 11.9. The first-order valence-electron chi connectivity index (χ1n) is 5.79. The van der Waals surface area contributed by atoms with Crippen LogP contribution in [0.5, 0.6) is 0 Å². The number of ether oxygens (including phenoxy) is 1. The van der Waals surface area contributed by atoms with Gasteiger partial charge < -0.3 is 9.64 Å². The topological polar surface area (TPSA) is 89.7 Å². The molecule has 0 bridgehead atoms. The average Bonchev–Trinajstić information content (AvgIpc) is 2.58. The van der Waals surface area contributed by atoms with Gasteiger partial charge >= 0.3 is 6.09 Å². The molecule has 0 aromatic carbocycles. The lowest BCUT2D eigenvalue weighted by molar-refractivity contribution is 0.0256. The fourth-order valence-electron chi connectivity index (χ4n) is 1.74. The number of amides is 1. The number of hydrogen-bond acceptors (Lipinski definition) is 4. The Hall–Kier alpha value is -1.08. The van der Waals surface area contributed by atoms with Gasteiger partial charge in [-0.2, -0.15) is 0 Å². The fraction of sp³-hybridized carbons (Fsp3) is 0.727. The first kappa shape index (κ1) is 15.0. The van der Waals surface area contributed by atoms with Gasteiger partial charge in [-0.15, -0.1) is 0 Å². The van der Waals surface area contributed by atoms with E-state index in [0.717, 1.165) is 11.8 Å². The largest absolute Gasteiger partial charge is 0.444 e. The van der Waals surface area contributed by atoms with E-state index in [-0.39, 0.29) is 6.04 Å². The molecule has 1 unspecified atom stereocenters. The minimum absolute atomic E-state index is 0.266. The Morgan fingerprint density at radius 2 is 2.06 bits per heavy atom. The van der Waals surface area contributed by atoms with E-state index in [9.17, 15) is 13.2 Å². The monoisotopic (exact) mass is 276 g/mol. The van der Waals surface area contributed by atoms with Gasteiger partial charge in [-0.25, -0.2) is 18.4 Å². The molecule has 1 saturated heterocycles. The number of sulfonamides is 1. The highest BCUT2D eigenvalue weighted by Gasteiger charge is 2.30. The molecule has 6 nitrogen and oxygen atoms in total. The molecule has 18 heavy (non-hydrogen) atoms. The predicted molar refractivity (Wildman–Crippen MR) is 68.2 cm³/mol. The molecule has 0 aromatic rings. The zero-order valence-corrected chi connectivity index (χ0v) is 11.7. The van der Waals surface area contributed by atoms with E-state index in [1.54, 1.807) is 20.8 Å². The van der Waals surface area contributed by atoms with Crippen LogP contribution in [-0.4, -0.2) is 37.6 Å². The van der Waals surface area contributed by atoms with Gasteiger partial charge in [0.15, 0.2) is 0 Å². The van der Waals surface area contributed by atoms with E-state index in [4.69, 9.17) is 9.88 Å². The van der Waals surface area contributed by atoms with Crippen LogP contribution in [0.2, 0.25) is 0 Å². The highest BCUT2D eigenvalue weighted by molar-refractivity contribution is 7.92. The summed E-state index contributed by atoms with van der Waals surface area (Å²) >= 11 is 0. The minimum atomic E-state index is -3.66. The molecule has 0 spiro atoms. The van der Waals surface area contributed by atoms with Crippen molar-refractivity contribution in [2.75, 3.05) is 6.54 Å². The molecule has 1 aliphatic heterocycles.